The molecule has 0 N–H and O–H groups in total. The van der Waals surface area contributed by atoms with Crippen LogP contribution < -0.4 is 0 Å². The fourth-order valence-electron chi connectivity index (χ4n) is 5.45. The largest absolute Gasteiger partial charge is 0.241 e. The molecule has 0 spiro atoms. The van der Waals surface area contributed by atoms with E-state index in [9.17, 15) is 0 Å². The number of nitrogens with zero attached hydrogens (tertiary/aromatic N) is 4. The van der Waals surface area contributed by atoms with Crippen LogP contribution in [0, 0.1) is 0 Å². The zero-order valence-corrected chi connectivity index (χ0v) is 20.7. The molecule has 2 heterocycles. The SMILES string of the molecule is CCC(c1ccc2c(c1)C(C)(C)c1cc(C(C)(CC)c3ncccn3)ccc1-2)c1ncccn1. The highest BCUT2D eigenvalue weighted by molar-refractivity contribution is 5.81. The van der Waals surface area contributed by atoms with Crippen molar-refractivity contribution >= 4 is 0 Å². The average Bonchev–Trinajstić information content (AvgIpc) is 3.11. The van der Waals surface area contributed by atoms with E-state index in [-0.39, 0.29) is 16.7 Å². The highest BCUT2D eigenvalue weighted by Crippen LogP contribution is 2.51. The first kappa shape index (κ1) is 22.4. The Hall–Kier alpha value is -3.40. The molecular weight excluding hydrogens is 416 g/mol. The number of hydrogen-bond donors (Lipinski definition) is 0. The summed E-state index contributed by atoms with van der Waals surface area (Å²) in [5.74, 6) is 1.96. The summed E-state index contributed by atoms with van der Waals surface area (Å²) in [7, 11) is 0. The third-order valence-corrected chi connectivity index (χ3v) is 7.81. The molecule has 0 saturated carbocycles. The Kier molecular flexibility index (Phi) is 5.55. The van der Waals surface area contributed by atoms with Gasteiger partial charge in [-0.25, -0.2) is 19.9 Å². The number of aromatic nitrogens is 4. The number of fused-ring (bicyclic) bond motifs is 3. The molecule has 0 bridgehead atoms. The normalized spacial score (nSPS) is 16.4. The molecule has 2 aromatic carbocycles. The Morgan fingerprint density at radius 2 is 1.38 bits per heavy atom. The summed E-state index contributed by atoms with van der Waals surface area (Å²) in [6.07, 6.45) is 9.24. The third kappa shape index (κ3) is 3.44. The zero-order valence-electron chi connectivity index (χ0n) is 20.7. The lowest BCUT2D eigenvalue weighted by Crippen LogP contribution is -2.26. The molecule has 2 aromatic heterocycles. The van der Waals surface area contributed by atoms with Crippen LogP contribution in [0.3, 0.4) is 0 Å². The van der Waals surface area contributed by atoms with E-state index in [0.717, 1.165) is 24.5 Å². The van der Waals surface area contributed by atoms with Gasteiger partial charge in [-0.3, -0.25) is 0 Å². The molecule has 0 saturated heterocycles. The van der Waals surface area contributed by atoms with Crippen LogP contribution in [0.1, 0.15) is 87.3 Å². The highest BCUT2D eigenvalue weighted by atomic mass is 14.9. The lowest BCUT2D eigenvalue weighted by atomic mass is 9.75. The first-order chi connectivity index (χ1) is 16.4. The zero-order chi connectivity index (χ0) is 23.9. The molecule has 5 rings (SSSR count). The van der Waals surface area contributed by atoms with Crippen molar-refractivity contribution in [2.24, 2.45) is 0 Å². The Morgan fingerprint density at radius 1 is 0.794 bits per heavy atom. The van der Waals surface area contributed by atoms with Gasteiger partial charge < -0.3 is 0 Å². The van der Waals surface area contributed by atoms with Crippen molar-refractivity contribution in [2.45, 2.75) is 64.2 Å². The van der Waals surface area contributed by atoms with Crippen molar-refractivity contribution in [2.75, 3.05) is 0 Å². The molecule has 4 nitrogen and oxygen atoms in total. The monoisotopic (exact) mass is 448 g/mol. The van der Waals surface area contributed by atoms with Gasteiger partial charge in [-0.2, -0.15) is 0 Å². The van der Waals surface area contributed by atoms with Gasteiger partial charge >= 0.3 is 0 Å². The van der Waals surface area contributed by atoms with Gasteiger partial charge in [-0.1, -0.05) is 64.1 Å². The maximum atomic E-state index is 4.61. The van der Waals surface area contributed by atoms with Gasteiger partial charge in [0.2, 0.25) is 0 Å². The Morgan fingerprint density at radius 3 is 2.00 bits per heavy atom. The van der Waals surface area contributed by atoms with Crippen molar-refractivity contribution in [3.8, 4) is 11.1 Å². The molecule has 2 unspecified atom stereocenters. The van der Waals surface area contributed by atoms with Crippen molar-refractivity contribution in [3.05, 3.63) is 107 Å². The molecule has 34 heavy (non-hydrogen) atoms. The van der Waals surface area contributed by atoms with E-state index in [2.05, 4.69) is 91.0 Å². The summed E-state index contributed by atoms with van der Waals surface area (Å²) in [5, 5.41) is 0. The van der Waals surface area contributed by atoms with Gasteiger partial charge in [-0.05, 0) is 65.3 Å². The lowest BCUT2D eigenvalue weighted by molar-refractivity contribution is 0.511. The van der Waals surface area contributed by atoms with E-state index in [1.807, 2.05) is 36.9 Å². The number of benzene rings is 2. The second-order valence-corrected chi connectivity index (χ2v) is 10.0. The van der Waals surface area contributed by atoms with Gasteiger partial charge in [-0.15, -0.1) is 0 Å². The maximum absolute atomic E-state index is 4.61. The van der Waals surface area contributed by atoms with Gasteiger partial charge in [0, 0.05) is 36.1 Å². The minimum Gasteiger partial charge on any atom is -0.241 e. The second-order valence-electron chi connectivity index (χ2n) is 10.0. The van der Waals surface area contributed by atoms with Gasteiger partial charge in [0.15, 0.2) is 0 Å². The Bertz CT molecular complexity index is 1310. The summed E-state index contributed by atoms with van der Waals surface area (Å²) in [6, 6.07) is 17.7. The molecule has 0 radical (unpaired) electrons. The first-order valence-electron chi connectivity index (χ1n) is 12.2. The van der Waals surface area contributed by atoms with Crippen LogP contribution in [0.2, 0.25) is 0 Å². The summed E-state index contributed by atoms with van der Waals surface area (Å²) in [6.45, 7) is 11.4. The highest BCUT2D eigenvalue weighted by Gasteiger charge is 2.38. The second kappa shape index (κ2) is 8.43. The van der Waals surface area contributed by atoms with Crippen molar-refractivity contribution in [1.82, 2.24) is 19.9 Å². The average molecular weight is 449 g/mol. The van der Waals surface area contributed by atoms with Crippen LogP contribution in [0.4, 0.5) is 0 Å². The summed E-state index contributed by atoms with van der Waals surface area (Å²) >= 11 is 0. The van der Waals surface area contributed by atoms with Crippen LogP contribution in [0.25, 0.3) is 11.1 Å². The molecule has 1 aliphatic carbocycles. The molecule has 4 heteroatoms. The van der Waals surface area contributed by atoms with Gasteiger partial charge in [0.1, 0.15) is 11.6 Å². The molecule has 1 aliphatic rings. The van der Waals surface area contributed by atoms with Crippen LogP contribution in [0.15, 0.2) is 73.3 Å². The van der Waals surface area contributed by atoms with Crippen LogP contribution in [-0.2, 0) is 10.8 Å². The molecule has 0 aliphatic heterocycles. The molecule has 4 aromatic rings. The lowest BCUT2D eigenvalue weighted by Gasteiger charge is -2.29. The molecular formula is C30H32N4. The van der Waals surface area contributed by atoms with E-state index in [1.165, 1.54) is 33.4 Å². The molecule has 0 fully saturated rings. The van der Waals surface area contributed by atoms with Gasteiger partial charge in [0.25, 0.3) is 0 Å². The van der Waals surface area contributed by atoms with Gasteiger partial charge in [0.05, 0.1) is 5.41 Å². The van der Waals surface area contributed by atoms with E-state index in [4.69, 9.17) is 0 Å². The topological polar surface area (TPSA) is 51.6 Å². The molecule has 0 amide bonds. The molecule has 172 valence electrons. The summed E-state index contributed by atoms with van der Waals surface area (Å²) in [4.78, 5) is 18.3. The predicted molar refractivity (Wildman–Crippen MR) is 137 cm³/mol. The first-order valence-corrected chi connectivity index (χ1v) is 12.2. The number of rotatable bonds is 6. The third-order valence-electron chi connectivity index (χ3n) is 7.81. The van der Waals surface area contributed by atoms with Crippen LogP contribution in [0.5, 0.6) is 0 Å². The molecule has 2 atom stereocenters. The Balaban J connectivity index is 1.59. The van der Waals surface area contributed by atoms with E-state index in [0.29, 0.717) is 0 Å². The Labute approximate surface area is 202 Å². The number of hydrogen-bond acceptors (Lipinski definition) is 4. The van der Waals surface area contributed by atoms with Crippen LogP contribution in [-0.4, -0.2) is 19.9 Å². The fraction of sp³-hybridized carbons (Fsp3) is 0.333. The van der Waals surface area contributed by atoms with Crippen molar-refractivity contribution in [1.29, 1.82) is 0 Å². The smallest absolute Gasteiger partial charge is 0.138 e. The standard InChI is InChI=1S/C30H32N4/c1-6-22(27-31-14-8-15-32-27)20-10-12-23-24-13-11-21(19-26(24)29(3,4)25(23)18-20)30(5,7-2)28-33-16-9-17-34-28/h8-19,22H,6-7H2,1-5H3. The summed E-state index contributed by atoms with van der Waals surface area (Å²) < 4.78 is 0. The quantitative estimate of drug-likeness (QED) is 0.324. The fourth-order valence-corrected chi connectivity index (χ4v) is 5.45. The minimum absolute atomic E-state index is 0.0985. The predicted octanol–water partition coefficient (Wildman–Crippen LogP) is 6.83. The van der Waals surface area contributed by atoms with Crippen LogP contribution >= 0.6 is 0 Å². The minimum atomic E-state index is -0.232. The summed E-state index contributed by atoms with van der Waals surface area (Å²) in [5.41, 5.74) is 7.62. The van der Waals surface area contributed by atoms with E-state index in [1.54, 1.807) is 0 Å². The van der Waals surface area contributed by atoms with E-state index >= 15 is 0 Å². The van der Waals surface area contributed by atoms with Crippen molar-refractivity contribution in [3.63, 3.8) is 0 Å². The van der Waals surface area contributed by atoms with Crippen molar-refractivity contribution < 1.29 is 0 Å². The van der Waals surface area contributed by atoms with E-state index < -0.39 is 0 Å². The maximum Gasteiger partial charge on any atom is 0.138 e.